The van der Waals surface area contributed by atoms with Crippen molar-refractivity contribution in [1.29, 1.82) is 0 Å². The van der Waals surface area contributed by atoms with E-state index < -0.39 is 0 Å². The number of nitrogens with zero attached hydrogens (tertiary/aromatic N) is 5. The molecule has 0 N–H and O–H groups in total. The Hall–Kier alpha value is -3.03. The molecule has 0 unspecified atom stereocenters. The normalized spacial score (nSPS) is 11.3. The lowest BCUT2D eigenvalue weighted by molar-refractivity contribution is 0.201. The van der Waals surface area contributed by atoms with Gasteiger partial charge in [-0.25, -0.2) is 0 Å². The van der Waals surface area contributed by atoms with Crippen LogP contribution in [0.15, 0.2) is 63.5 Å². The van der Waals surface area contributed by atoms with Gasteiger partial charge in [-0.05, 0) is 25.1 Å². The first-order valence-electron chi connectivity index (χ1n) is 9.40. The molecule has 7 nitrogen and oxygen atoms in total. The van der Waals surface area contributed by atoms with Gasteiger partial charge in [-0.15, -0.1) is 10.2 Å². The van der Waals surface area contributed by atoms with Crippen molar-refractivity contribution < 1.29 is 8.94 Å². The molecule has 0 atom stereocenters. The molecule has 0 saturated carbocycles. The quantitative estimate of drug-likeness (QED) is 0.411. The van der Waals surface area contributed by atoms with Crippen molar-refractivity contribution >= 4 is 11.6 Å². The number of halogens is 1. The van der Waals surface area contributed by atoms with Crippen LogP contribution in [0.25, 0.3) is 22.8 Å². The van der Waals surface area contributed by atoms with E-state index in [9.17, 15) is 0 Å². The average Bonchev–Trinajstić information content (AvgIpc) is 3.39. The van der Waals surface area contributed by atoms with Crippen LogP contribution >= 0.6 is 11.6 Å². The molecule has 0 fully saturated rings. The molecule has 148 valence electrons. The first kappa shape index (κ1) is 19.3. The molecule has 4 rings (SSSR count). The van der Waals surface area contributed by atoms with Gasteiger partial charge in [-0.2, -0.15) is 4.98 Å². The Balaban J connectivity index is 1.46. The van der Waals surface area contributed by atoms with E-state index in [-0.39, 0.29) is 0 Å². The minimum atomic E-state index is 0.409. The summed E-state index contributed by atoms with van der Waals surface area (Å²) in [7, 11) is 0. The Kier molecular flexibility index (Phi) is 5.97. The summed E-state index contributed by atoms with van der Waals surface area (Å²) in [6.45, 7) is 3.91. The third kappa shape index (κ3) is 4.70. The van der Waals surface area contributed by atoms with Gasteiger partial charge in [0.1, 0.15) is 0 Å². The van der Waals surface area contributed by atoms with E-state index in [4.69, 9.17) is 20.5 Å². The molecule has 2 heterocycles. The fourth-order valence-corrected chi connectivity index (χ4v) is 3.21. The van der Waals surface area contributed by atoms with Crippen molar-refractivity contribution in [3.8, 4) is 22.8 Å². The zero-order valence-electron chi connectivity index (χ0n) is 16.0. The van der Waals surface area contributed by atoms with Crippen LogP contribution < -0.4 is 0 Å². The molecule has 4 aromatic rings. The van der Waals surface area contributed by atoms with Crippen molar-refractivity contribution in [2.24, 2.45) is 0 Å². The minimum absolute atomic E-state index is 0.409. The molecular formula is C21H20ClN5O2. The van der Waals surface area contributed by atoms with E-state index in [0.29, 0.717) is 41.6 Å². The smallest absolute Gasteiger partial charge is 0.249 e. The van der Waals surface area contributed by atoms with E-state index in [0.717, 1.165) is 24.1 Å². The molecule has 29 heavy (non-hydrogen) atoms. The van der Waals surface area contributed by atoms with Gasteiger partial charge >= 0.3 is 0 Å². The maximum atomic E-state index is 6.22. The molecular weight excluding hydrogens is 390 g/mol. The van der Waals surface area contributed by atoms with Crippen LogP contribution in [0.2, 0.25) is 5.02 Å². The minimum Gasteiger partial charge on any atom is -0.419 e. The van der Waals surface area contributed by atoms with Gasteiger partial charge in [0.2, 0.25) is 23.5 Å². The van der Waals surface area contributed by atoms with E-state index in [1.165, 1.54) is 0 Å². The molecule has 2 aromatic carbocycles. The van der Waals surface area contributed by atoms with E-state index in [1.807, 2.05) is 48.5 Å². The first-order chi connectivity index (χ1) is 14.2. The summed E-state index contributed by atoms with van der Waals surface area (Å²) in [4.78, 5) is 6.64. The van der Waals surface area contributed by atoms with Crippen LogP contribution in [0, 0.1) is 0 Å². The third-order valence-corrected chi connectivity index (χ3v) is 4.66. The summed E-state index contributed by atoms with van der Waals surface area (Å²) in [5, 5.41) is 13.0. The number of hydrogen-bond donors (Lipinski definition) is 0. The Labute approximate surface area is 173 Å². The highest BCUT2D eigenvalue weighted by molar-refractivity contribution is 6.33. The molecule has 8 heteroatoms. The first-order valence-corrected chi connectivity index (χ1v) is 9.78. The van der Waals surface area contributed by atoms with Crippen LogP contribution in [-0.4, -0.2) is 31.8 Å². The second kappa shape index (κ2) is 8.98. The molecule has 0 aliphatic rings. The van der Waals surface area contributed by atoms with Gasteiger partial charge in [0, 0.05) is 5.56 Å². The highest BCUT2D eigenvalue weighted by Crippen LogP contribution is 2.26. The molecule has 0 saturated heterocycles. The van der Waals surface area contributed by atoms with Crippen LogP contribution in [0.4, 0.5) is 0 Å². The summed E-state index contributed by atoms with van der Waals surface area (Å²) >= 11 is 6.22. The Morgan fingerprint density at radius 2 is 1.69 bits per heavy atom. The maximum Gasteiger partial charge on any atom is 0.249 e. The Morgan fingerprint density at radius 1 is 0.931 bits per heavy atom. The van der Waals surface area contributed by atoms with Crippen LogP contribution in [0.5, 0.6) is 0 Å². The summed E-state index contributed by atoms with van der Waals surface area (Å²) in [6, 6.07) is 17.1. The Bertz CT molecular complexity index is 1060. The van der Waals surface area contributed by atoms with E-state index >= 15 is 0 Å². The van der Waals surface area contributed by atoms with Crippen molar-refractivity contribution in [1.82, 2.24) is 25.2 Å². The summed E-state index contributed by atoms with van der Waals surface area (Å²) < 4.78 is 11.3. The van der Waals surface area contributed by atoms with E-state index in [2.05, 4.69) is 32.2 Å². The molecule has 2 aromatic heterocycles. The van der Waals surface area contributed by atoms with Gasteiger partial charge in [0.25, 0.3) is 0 Å². The van der Waals surface area contributed by atoms with Gasteiger partial charge in [-0.1, -0.05) is 66.1 Å². The second-order valence-corrected chi connectivity index (χ2v) is 6.98. The molecule has 0 radical (unpaired) electrons. The lowest BCUT2D eigenvalue weighted by atomic mass is 10.2. The summed E-state index contributed by atoms with van der Waals surface area (Å²) in [6.07, 6.45) is 0.963. The fraction of sp³-hybridized carbons (Fsp3) is 0.238. The number of benzene rings is 2. The fourth-order valence-electron chi connectivity index (χ4n) is 3.00. The van der Waals surface area contributed by atoms with Gasteiger partial charge in [0.15, 0.2) is 0 Å². The lowest BCUT2D eigenvalue weighted by Gasteiger charge is -2.17. The predicted molar refractivity (Wildman–Crippen MR) is 109 cm³/mol. The summed E-state index contributed by atoms with van der Waals surface area (Å²) in [5.41, 5.74) is 1.64. The van der Waals surface area contributed by atoms with Gasteiger partial charge in [0.05, 0.1) is 23.7 Å². The second-order valence-electron chi connectivity index (χ2n) is 6.57. The zero-order valence-corrected chi connectivity index (χ0v) is 16.7. The predicted octanol–water partition coefficient (Wildman–Crippen LogP) is 4.85. The van der Waals surface area contributed by atoms with Crippen molar-refractivity contribution in [3.05, 3.63) is 71.4 Å². The number of hydrogen-bond acceptors (Lipinski definition) is 7. The Morgan fingerprint density at radius 3 is 2.48 bits per heavy atom. The zero-order chi connectivity index (χ0) is 20.1. The topological polar surface area (TPSA) is 81.1 Å². The van der Waals surface area contributed by atoms with Crippen LogP contribution in [-0.2, 0) is 13.1 Å². The molecule has 0 amide bonds. The molecule has 0 spiro atoms. The SMILES string of the molecule is CCCN(Cc1nc(-c2ccccc2)no1)Cc1nnc(-c2ccccc2Cl)o1. The van der Waals surface area contributed by atoms with Crippen LogP contribution in [0.3, 0.4) is 0 Å². The van der Waals surface area contributed by atoms with Crippen molar-refractivity contribution in [3.63, 3.8) is 0 Å². The number of rotatable bonds is 8. The van der Waals surface area contributed by atoms with Gasteiger partial charge in [-0.3, -0.25) is 4.90 Å². The largest absolute Gasteiger partial charge is 0.419 e. The van der Waals surface area contributed by atoms with Crippen molar-refractivity contribution in [2.45, 2.75) is 26.4 Å². The average molecular weight is 410 g/mol. The molecule has 0 aliphatic carbocycles. The molecule has 0 aliphatic heterocycles. The highest BCUT2D eigenvalue weighted by atomic mass is 35.5. The number of aromatic nitrogens is 4. The highest BCUT2D eigenvalue weighted by Gasteiger charge is 2.17. The lowest BCUT2D eigenvalue weighted by Crippen LogP contribution is -2.24. The van der Waals surface area contributed by atoms with Crippen LogP contribution in [0.1, 0.15) is 25.1 Å². The van der Waals surface area contributed by atoms with Gasteiger partial charge < -0.3 is 8.94 Å². The molecule has 0 bridgehead atoms. The van der Waals surface area contributed by atoms with Crippen molar-refractivity contribution in [2.75, 3.05) is 6.54 Å². The monoisotopic (exact) mass is 409 g/mol. The van der Waals surface area contributed by atoms with E-state index in [1.54, 1.807) is 6.07 Å². The summed E-state index contributed by atoms with van der Waals surface area (Å²) in [5.74, 6) is 2.04. The standard InChI is InChI=1S/C21H20ClN5O2/c1-2-12-27(13-18-23-20(26-29-18)15-8-4-3-5-9-15)14-19-24-25-21(28-19)16-10-6-7-11-17(16)22/h3-11H,2,12-14H2,1H3. The third-order valence-electron chi connectivity index (χ3n) is 4.33. The maximum absolute atomic E-state index is 6.22.